The fraction of sp³-hybridized carbons (Fsp3) is 0.312. The van der Waals surface area contributed by atoms with Crippen molar-refractivity contribution >= 4 is 0 Å². The predicted octanol–water partition coefficient (Wildman–Crippen LogP) is 3.15. The van der Waals surface area contributed by atoms with Gasteiger partial charge in [0.25, 0.3) is 0 Å². The van der Waals surface area contributed by atoms with Crippen LogP contribution in [0.1, 0.15) is 29.6 Å². The number of hydrogen-bond donors (Lipinski definition) is 1. The zero-order valence-electron chi connectivity index (χ0n) is 10.6. The average molecular weight is 238 g/mol. The third kappa shape index (κ3) is 2.16. The molecule has 3 unspecified atom stereocenters. The number of pyridine rings is 1. The van der Waals surface area contributed by atoms with Gasteiger partial charge in [-0.1, -0.05) is 36.4 Å². The van der Waals surface area contributed by atoms with Gasteiger partial charge in [-0.25, -0.2) is 0 Å². The number of nitrogens with zero attached hydrogens (tertiary/aromatic N) is 1. The first-order valence-electron chi connectivity index (χ1n) is 6.53. The maximum Gasteiger partial charge on any atom is 0.0576 e. The van der Waals surface area contributed by atoms with Gasteiger partial charge in [0.1, 0.15) is 0 Å². The quantitative estimate of drug-likeness (QED) is 0.885. The molecule has 18 heavy (non-hydrogen) atoms. The van der Waals surface area contributed by atoms with Crippen LogP contribution in [-0.2, 0) is 0 Å². The molecule has 92 valence electrons. The molecule has 2 nitrogen and oxygen atoms in total. The second-order valence-electron chi connectivity index (χ2n) is 4.94. The Morgan fingerprint density at radius 1 is 1.11 bits per heavy atom. The first-order valence-corrected chi connectivity index (χ1v) is 6.53. The highest BCUT2D eigenvalue weighted by Crippen LogP contribution is 2.53. The molecule has 1 aliphatic rings. The predicted molar refractivity (Wildman–Crippen MR) is 73.3 cm³/mol. The molecule has 3 rings (SSSR count). The van der Waals surface area contributed by atoms with Gasteiger partial charge in [0, 0.05) is 6.20 Å². The summed E-state index contributed by atoms with van der Waals surface area (Å²) in [5, 5.41) is 3.42. The molecule has 1 fully saturated rings. The molecule has 2 aromatic rings. The maximum absolute atomic E-state index is 4.48. The van der Waals surface area contributed by atoms with Crippen molar-refractivity contribution in [2.24, 2.45) is 5.92 Å². The molecule has 1 aliphatic carbocycles. The van der Waals surface area contributed by atoms with Gasteiger partial charge in [0.05, 0.1) is 11.7 Å². The van der Waals surface area contributed by atoms with E-state index in [2.05, 4.69) is 52.8 Å². The van der Waals surface area contributed by atoms with Gasteiger partial charge < -0.3 is 5.32 Å². The van der Waals surface area contributed by atoms with E-state index in [1.54, 1.807) is 0 Å². The summed E-state index contributed by atoms with van der Waals surface area (Å²) in [7, 11) is 2.03. The lowest BCUT2D eigenvalue weighted by atomic mass is 10.0. The maximum atomic E-state index is 4.48. The topological polar surface area (TPSA) is 24.9 Å². The lowest BCUT2D eigenvalue weighted by Crippen LogP contribution is -2.20. The van der Waals surface area contributed by atoms with Crippen molar-refractivity contribution < 1.29 is 0 Å². The minimum atomic E-state index is 0.372. The summed E-state index contributed by atoms with van der Waals surface area (Å²) >= 11 is 0. The highest BCUT2D eigenvalue weighted by Gasteiger charge is 2.44. The number of nitrogens with one attached hydrogen (secondary N) is 1. The van der Waals surface area contributed by atoms with E-state index in [1.165, 1.54) is 12.0 Å². The number of hydrogen-bond acceptors (Lipinski definition) is 2. The highest BCUT2D eigenvalue weighted by molar-refractivity contribution is 5.28. The smallest absolute Gasteiger partial charge is 0.0576 e. The van der Waals surface area contributed by atoms with Crippen molar-refractivity contribution in [3.05, 3.63) is 66.0 Å². The Kier molecular flexibility index (Phi) is 3.11. The van der Waals surface area contributed by atoms with E-state index < -0.39 is 0 Å². The summed E-state index contributed by atoms with van der Waals surface area (Å²) in [6.45, 7) is 0. The summed E-state index contributed by atoms with van der Waals surface area (Å²) in [6, 6.07) is 17.3. The van der Waals surface area contributed by atoms with E-state index >= 15 is 0 Å². The molecule has 0 saturated heterocycles. The van der Waals surface area contributed by atoms with Gasteiger partial charge in [0.15, 0.2) is 0 Å². The summed E-state index contributed by atoms with van der Waals surface area (Å²) in [5.41, 5.74) is 2.61. The standard InChI is InChI=1S/C16H18N2/c1-17-16(15-9-5-6-10-18-15)14-11-13(14)12-7-3-2-4-8-12/h2-10,13-14,16-17H,11H2,1H3. The lowest BCUT2D eigenvalue weighted by molar-refractivity contribution is 0.505. The Morgan fingerprint density at radius 3 is 2.56 bits per heavy atom. The highest BCUT2D eigenvalue weighted by atomic mass is 14.9. The van der Waals surface area contributed by atoms with Gasteiger partial charge >= 0.3 is 0 Å². The molecule has 0 amide bonds. The monoisotopic (exact) mass is 238 g/mol. The largest absolute Gasteiger partial charge is 0.311 e. The van der Waals surface area contributed by atoms with Crippen molar-refractivity contribution in [3.63, 3.8) is 0 Å². The third-order valence-corrected chi connectivity index (χ3v) is 3.81. The normalized spacial score (nSPS) is 23.6. The fourth-order valence-electron chi connectivity index (χ4n) is 2.81. The Morgan fingerprint density at radius 2 is 1.89 bits per heavy atom. The van der Waals surface area contributed by atoms with Crippen LogP contribution in [0.5, 0.6) is 0 Å². The number of rotatable bonds is 4. The van der Waals surface area contributed by atoms with Crippen LogP contribution in [0.25, 0.3) is 0 Å². The molecule has 1 saturated carbocycles. The van der Waals surface area contributed by atoms with E-state index in [0.717, 1.165) is 5.69 Å². The SMILES string of the molecule is CNC(c1ccccn1)C1CC1c1ccccc1. The van der Waals surface area contributed by atoms with Crippen LogP contribution in [-0.4, -0.2) is 12.0 Å². The first-order chi connectivity index (χ1) is 8.90. The van der Waals surface area contributed by atoms with Crippen LogP contribution in [0.2, 0.25) is 0 Å². The molecule has 0 radical (unpaired) electrons. The second-order valence-corrected chi connectivity index (χ2v) is 4.94. The number of benzene rings is 1. The van der Waals surface area contributed by atoms with Crippen molar-refractivity contribution in [3.8, 4) is 0 Å². The lowest BCUT2D eigenvalue weighted by Gasteiger charge is -2.15. The van der Waals surface area contributed by atoms with Crippen LogP contribution in [0.15, 0.2) is 54.7 Å². The van der Waals surface area contributed by atoms with Gasteiger partial charge in [-0.3, -0.25) is 4.98 Å². The van der Waals surface area contributed by atoms with Crippen molar-refractivity contribution in [1.29, 1.82) is 0 Å². The van der Waals surface area contributed by atoms with Crippen LogP contribution >= 0.6 is 0 Å². The minimum Gasteiger partial charge on any atom is -0.311 e. The third-order valence-electron chi connectivity index (χ3n) is 3.81. The van der Waals surface area contributed by atoms with Crippen LogP contribution in [0.4, 0.5) is 0 Å². The minimum absolute atomic E-state index is 0.372. The molecule has 2 heteroatoms. The second kappa shape index (κ2) is 4.91. The van der Waals surface area contributed by atoms with Crippen LogP contribution in [0, 0.1) is 5.92 Å². The van der Waals surface area contributed by atoms with Crippen molar-refractivity contribution in [2.45, 2.75) is 18.4 Å². The van der Waals surface area contributed by atoms with E-state index in [4.69, 9.17) is 0 Å². The molecule has 1 heterocycles. The molecule has 0 spiro atoms. The fourth-order valence-corrected chi connectivity index (χ4v) is 2.81. The van der Waals surface area contributed by atoms with E-state index in [1.807, 2.05) is 19.3 Å². The van der Waals surface area contributed by atoms with Crippen molar-refractivity contribution in [1.82, 2.24) is 10.3 Å². The summed E-state index contributed by atoms with van der Waals surface area (Å²) in [6.07, 6.45) is 3.13. The van der Waals surface area contributed by atoms with Crippen LogP contribution in [0.3, 0.4) is 0 Å². The van der Waals surface area contributed by atoms with E-state index in [0.29, 0.717) is 17.9 Å². The zero-order chi connectivity index (χ0) is 12.4. The Hall–Kier alpha value is -1.67. The Bertz CT molecular complexity index is 495. The summed E-state index contributed by atoms with van der Waals surface area (Å²) in [4.78, 5) is 4.48. The first kappa shape index (κ1) is 11.4. The summed E-state index contributed by atoms with van der Waals surface area (Å²) in [5.74, 6) is 1.36. The summed E-state index contributed by atoms with van der Waals surface area (Å²) < 4.78 is 0. The molecule has 1 aromatic carbocycles. The van der Waals surface area contributed by atoms with E-state index in [-0.39, 0.29) is 0 Å². The van der Waals surface area contributed by atoms with Gasteiger partial charge in [0.2, 0.25) is 0 Å². The number of aromatic nitrogens is 1. The van der Waals surface area contributed by atoms with Gasteiger partial charge in [-0.05, 0) is 43.0 Å². The molecular formula is C16H18N2. The zero-order valence-corrected chi connectivity index (χ0v) is 10.6. The average Bonchev–Trinajstić information content (AvgIpc) is 3.22. The molecule has 0 bridgehead atoms. The van der Waals surface area contributed by atoms with Gasteiger partial charge in [-0.2, -0.15) is 0 Å². The Labute approximate surface area is 108 Å². The molecule has 1 N–H and O–H groups in total. The van der Waals surface area contributed by atoms with Crippen molar-refractivity contribution in [2.75, 3.05) is 7.05 Å². The van der Waals surface area contributed by atoms with E-state index in [9.17, 15) is 0 Å². The Balaban J connectivity index is 1.77. The van der Waals surface area contributed by atoms with Crippen LogP contribution < -0.4 is 5.32 Å². The molecular weight excluding hydrogens is 220 g/mol. The molecule has 0 aliphatic heterocycles. The molecule has 3 atom stereocenters. The van der Waals surface area contributed by atoms with Gasteiger partial charge in [-0.15, -0.1) is 0 Å². The molecule has 1 aromatic heterocycles.